The van der Waals surface area contributed by atoms with Crippen molar-refractivity contribution < 1.29 is 38.1 Å². The van der Waals surface area contributed by atoms with Crippen molar-refractivity contribution >= 4 is 35.1 Å². The predicted octanol–water partition coefficient (Wildman–Crippen LogP) is 3.58. The zero-order valence-corrected chi connectivity index (χ0v) is 27.7. The predicted molar refractivity (Wildman–Crippen MR) is 181 cm³/mol. The molecule has 0 bridgehead atoms. The second-order valence-corrected chi connectivity index (χ2v) is 12.2. The van der Waals surface area contributed by atoms with Crippen LogP contribution in [0.25, 0.3) is 28.2 Å². The second kappa shape index (κ2) is 13.6. The van der Waals surface area contributed by atoms with Gasteiger partial charge in [-0.1, -0.05) is 0 Å². The Morgan fingerprint density at radius 2 is 1.69 bits per heavy atom. The molecule has 5 aromatic rings. The number of fused-ring (bicyclic) bond motifs is 2. The van der Waals surface area contributed by atoms with Gasteiger partial charge in [0.25, 0.3) is 17.7 Å². The maximum atomic E-state index is 14.6. The largest absolute Gasteiger partial charge is 0.508 e. The molecule has 1 fully saturated rings. The van der Waals surface area contributed by atoms with Crippen LogP contribution < -0.4 is 9.64 Å². The Hall–Kier alpha value is -6.22. The first kappa shape index (κ1) is 33.3. The molecule has 4 aromatic heterocycles. The van der Waals surface area contributed by atoms with Gasteiger partial charge in [-0.05, 0) is 61.0 Å². The van der Waals surface area contributed by atoms with Crippen LogP contribution in [0, 0.1) is 5.95 Å². The van der Waals surface area contributed by atoms with E-state index >= 15 is 0 Å². The Bertz CT molecular complexity index is 2190. The molecule has 2 aliphatic rings. The zero-order chi connectivity index (χ0) is 35.8. The van der Waals surface area contributed by atoms with E-state index in [9.17, 15) is 28.7 Å². The van der Waals surface area contributed by atoms with Gasteiger partial charge in [0.15, 0.2) is 0 Å². The minimum atomic E-state index is -1.12. The zero-order valence-electron chi connectivity index (χ0n) is 27.7. The number of phenolic OH excluding ortho intramolecular Hbond substituents is 1. The normalized spacial score (nSPS) is 15.9. The number of halogens is 1. The molecule has 1 atom stereocenters. The lowest BCUT2D eigenvalue weighted by Gasteiger charge is -2.34. The van der Waals surface area contributed by atoms with Crippen molar-refractivity contribution in [1.82, 2.24) is 29.2 Å². The Morgan fingerprint density at radius 3 is 2.45 bits per heavy atom. The lowest BCUT2D eigenvalue weighted by Crippen LogP contribution is -2.56. The first-order valence-corrected chi connectivity index (χ1v) is 16.1. The van der Waals surface area contributed by atoms with Crippen molar-refractivity contribution in [2.24, 2.45) is 0 Å². The fourth-order valence-corrected chi connectivity index (χ4v) is 6.07. The number of aromatic nitrogens is 4. The summed E-state index contributed by atoms with van der Waals surface area (Å²) in [5, 5.41) is 9.75. The van der Waals surface area contributed by atoms with Gasteiger partial charge < -0.3 is 23.9 Å². The van der Waals surface area contributed by atoms with Crippen molar-refractivity contribution in [3.63, 3.8) is 0 Å². The number of anilines is 1. The first-order valence-electron chi connectivity index (χ1n) is 16.1. The molecule has 0 saturated carbocycles. The summed E-state index contributed by atoms with van der Waals surface area (Å²) >= 11 is 0. The van der Waals surface area contributed by atoms with Crippen LogP contribution >= 0.6 is 0 Å². The molecule has 1 N–H and O–H groups in total. The average Bonchev–Trinajstić information content (AvgIpc) is 3.65. The number of imide groups is 2. The van der Waals surface area contributed by atoms with Gasteiger partial charge in [-0.2, -0.15) is 4.39 Å². The highest BCUT2D eigenvalue weighted by molar-refractivity contribution is 6.23. The van der Waals surface area contributed by atoms with Crippen molar-refractivity contribution in [1.29, 1.82) is 0 Å². The molecule has 1 aromatic carbocycles. The molecule has 14 nitrogen and oxygen atoms in total. The van der Waals surface area contributed by atoms with Crippen LogP contribution in [-0.4, -0.2) is 104 Å². The second-order valence-electron chi connectivity index (χ2n) is 12.2. The number of carbonyl (C=O) groups is 4. The molecule has 260 valence electrons. The van der Waals surface area contributed by atoms with Crippen LogP contribution in [0.4, 0.5) is 10.2 Å². The van der Waals surface area contributed by atoms with E-state index in [2.05, 4.69) is 15.0 Å². The summed E-state index contributed by atoms with van der Waals surface area (Å²) in [4.78, 5) is 68.4. The van der Waals surface area contributed by atoms with Crippen molar-refractivity contribution in [2.45, 2.75) is 18.9 Å². The lowest BCUT2D eigenvalue weighted by atomic mass is 10.0. The average molecular weight is 694 g/mol. The summed E-state index contributed by atoms with van der Waals surface area (Å²) < 4.78 is 27.9. The summed E-state index contributed by atoms with van der Waals surface area (Å²) in [6, 6.07) is 13.2. The smallest absolute Gasteiger partial charge is 0.262 e. The molecule has 6 heterocycles. The molecule has 15 heteroatoms. The number of imidazole rings is 1. The molecule has 1 unspecified atom stereocenters. The topological polar surface area (TPSA) is 160 Å². The molecule has 0 spiro atoms. The van der Waals surface area contributed by atoms with Crippen LogP contribution in [-0.2, 0) is 14.3 Å². The Kier molecular flexibility index (Phi) is 8.87. The van der Waals surface area contributed by atoms with E-state index < -0.39 is 35.6 Å². The van der Waals surface area contributed by atoms with Crippen LogP contribution in [0.3, 0.4) is 0 Å². The number of piperidine rings is 1. The number of likely N-dealkylation sites (tertiary alicyclic amines) is 1. The van der Waals surface area contributed by atoms with E-state index in [4.69, 9.17) is 9.47 Å². The summed E-state index contributed by atoms with van der Waals surface area (Å²) in [5.74, 6) is -2.06. The van der Waals surface area contributed by atoms with Gasteiger partial charge in [-0.25, -0.2) is 9.97 Å². The molecule has 1 saturated heterocycles. The standard InChI is InChI=1S/C36H32FN7O7/c1-41(2)30-11-7-25(33(37)40-30)27-8-3-21(18-38-27)28-20-42-19-23(5-10-31(42)39-28)51-16-15-50-14-13-43-32(46)12-9-29(36(43)49)44-34(47)24-6-4-22(45)17-26(24)35(44)48/h3-8,10-11,17-20,29,45H,9,12-16H2,1-2H3. The summed E-state index contributed by atoms with van der Waals surface area (Å²) in [6.07, 6.45) is 5.24. The number of ether oxygens (including phenoxy) is 2. The molecular formula is C36H32FN7O7. The number of amides is 4. The van der Waals surface area contributed by atoms with E-state index in [1.165, 1.54) is 18.2 Å². The van der Waals surface area contributed by atoms with Crippen molar-refractivity contribution in [2.75, 3.05) is 45.4 Å². The third-order valence-electron chi connectivity index (χ3n) is 8.70. The number of benzene rings is 1. The van der Waals surface area contributed by atoms with Gasteiger partial charge in [0.2, 0.25) is 11.9 Å². The monoisotopic (exact) mass is 693 g/mol. The quantitative estimate of drug-likeness (QED) is 0.122. The summed E-state index contributed by atoms with van der Waals surface area (Å²) in [5.41, 5.74) is 2.98. The van der Waals surface area contributed by atoms with Gasteiger partial charge >= 0.3 is 0 Å². The van der Waals surface area contributed by atoms with Crippen LogP contribution in [0.2, 0.25) is 0 Å². The fraction of sp³-hybridized carbons (Fsp3) is 0.250. The number of phenols is 1. The van der Waals surface area contributed by atoms with Gasteiger partial charge in [0, 0.05) is 38.5 Å². The lowest BCUT2D eigenvalue weighted by molar-refractivity contribution is -0.152. The molecule has 2 aliphatic heterocycles. The highest BCUT2D eigenvalue weighted by atomic mass is 19.1. The van der Waals surface area contributed by atoms with Crippen molar-refractivity contribution in [3.8, 4) is 34.0 Å². The molecule has 4 amide bonds. The number of aromatic hydroxyl groups is 1. The maximum absolute atomic E-state index is 14.6. The molecule has 7 rings (SSSR count). The van der Waals surface area contributed by atoms with Crippen LogP contribution in [0.1, 0.15) is 33.6 Å². The molecule has 0 radical (unpaired) electrons. The van der Waals surface area contributed by atoms with E-state index in [0.29, 0.717) is 34.2 Å². The number of rotatable bonds is 11. The third-order valence-corrected chi connectivity index (χ3v) is 8.70. The van der Waals surface area contributed by atoms with Gasteiger partial charge in [0.1, 0.15) is 35.6 Å². The third kappa shape index (κ3) is 6.46. The van der Waals surface area contributed by atoms with Crippen LogP contribution in [0.5, 0.6) is 11.5 Å². The minimum absolute atomic E-state index is 0.0121. The number of pyridine rings is 3. The van der Waals surface area contributed by atoms with E-state index in [-0.39, 0.29) is 56.1 Å². The SMILES string of the molecule is CN(C)c1ccc(-c2ccc(-c3cn4cc(OCCOCCN5C(=O)CCC(N6C(=O)c7ccc(O)cc7C6=O)C5=O)ccc4n3)cn2)c(F)n1. The van der Waals surface area contributed by atoms with Gasteiger partial charge in [-0.3, -0.25) is 34.0 Å². The van der Waals surface area contributed by atoms with Crippen LogP contribution in [0.15, 0.2) is 73.2 Å². The van der Waals surface area contributed by atoms with E-state index in [0.717, 1.165) is 15.4 Å². The minimum Gasteiger partial charge on any atom is -0.508 e. The number of hydrogen-bond acceptors (Lipinski definition) is 11. The fourth-order valence-electron chi connectivity index (χ4n) is 6.07. The Labute approximate surface area is 290 Å². The number of carbonyl (C=O) groups excluding carboxylic acids is 4. The highest BCUT2D eigenvalue weighted by Crippen LogP contribution is 2.31. The van der Waals surface area contributed by atoms with Gasteiger partial charge in [-0.15, -0.1) is 0 Å². The molecule has 51 heavy (non-hydrogen) atoms. The number of hydrogen-bond donors (Lipinski definition) is 1. The molecular weight excluding hydrogens is 661 g/mol. The van der Waals surface area contributed by atoms with Gasteiger partial charge in [0.05, 0.1) is 54.0 Å². The maximum Gasteiger partial charge on any atom is 0.262 e. The summed E-state index contributed by atoms with van der Waals surface area (Å²) in [7, 11) is 3.58. The molecule has 0 aliphatic carbocycles. The van der Waals surface area contributed by atoms with Crippen molar-refractivity contribution in [3.05, 3.63) is 90.3 Å². The highest BCUT2D eigenvalue weighted by Gasteiger charge is 2.47. The first-order chi connectivity index (χ1) is 24.6. The van der Waals surface area contributed by atoms with E-state index in [1.54, 1.807) is 61.7 Å². The Morgan fingerprint density at radius 1 is 0.882 bits per heavy atom. The number of nitrogens with zero attached hydrogens (tertiary/aromatic N) is 7. The summed E-state index contributed by atoms with van der Waals surface area (Å²) in [6.45, 7) is 0.337. The van der Waals surface area contributed by atoms with E-state index in [1.807, 2.05) is 16.7 Å². The Balaban J connectivity index is 0.904.